The van der Waals surface area contributed by atoms with Crippen molar-refractivity contribution in [3.05, 3.63) is 28.8 Å². The first kappa shape index (κ1) is 11.9. The number of alkyl halides is 1. The fraction of sp³-hybridized carbons (Fsp3) is 0.417. The van der Waals surface area contributed by atoms with Crippen LogP contribution in [-0.4, -0.2) is 17.3 Å². The lowest BCUT2D eigenvalue weighted by atomic mass is 10.1. The van der Waals surface area contributed by atoms with Crippen LogP contribution in [0.15, 0.2) is 18.2 Å². The van der Waals surface area contributed by atoms with E-state index in [2.05, 4.69) is 15.9 Å². The number of nitrogens with zero attached hydrogens (tertiary/aromatic N) is 1. The molecule has 2 nitrogen and oxygen atoms in total. The number of hydrogen-bond donors (Lipinski definition) is 0. The van der Waals surface area contributed by atoms with E-state index in [0.717, 1.165) is 30.6 Å². The van der Waals surface area contributed by atoms with Crippen LogP contribution in [0.3, 0.4) is 0 Å². The molecule has 2 rings (SSSR count). The van der Waals surface area contributed by atoms with Gasteiger partial charge in [0.2, 0.25) is 5.91 Å². The zero-order valence-electron chi connectivity index (χ0n) is 9.04. The summed E-state index contributed by atoms with van der Waals surface area (Å²) >= 11 is 9.48. The summed E-state index contributed by atoms with van der Waals surface area (Å²) in [5.74, 6) is 0.136. The third kappa shape index (κ3) is 2.11. The second-order valence-electron chi connectivity index (χ2n) is 3.98. The van der Waals surface area contributed by atoms with Crippen LogP contribution < -0.4 is 4.90 Å². The Morgan fingerprint density at radius 3 is 3.00 bits per heavy atom. The van der Waals surface area contributed by atoms with Gasteiger partial charge in [0.15, 0.2) is 0 Å². The number of piperidine rings is 1. The summed E-state index contributed by atoms with van der Waals surface area (Å²) in [6.45, 7) is 2.73. The Morgan fingerprint density at radius 2 is 2.25 bits per heavy atom. The molecule has 86 valence electrons. The van der Waals surface area contributed by atoms with Gasteiger partial charge in [-0.3, -0.25) is 4.79 Å². The number of carbonyl (C=O) groups is 1. The van der Waals surface area contributed by atoms with Crippen molar-refractivity contribution in [3.63, 3.8) is 0 Å². The van der Waals surface area contributed by atoms with Gasteiger partial charge in [-0.25, -0.2) is 0 Å². The van der Waals surface area contributed by atoms with Gasteiger partial charge in [0.1, 0.15) is 0 Å². The molecule has 16 heavy (non-hydrogen) atoms. The SMILES string of the molecule is Cc1c(Cl)cccc1N1CCCC(Br)C1=O. The molecule has 1 aliphatic heterocycles. The Hall–Kier alpha value is -0.540. The topological polar surface area (TPSA) is 20.3 Å². The summed E-state index contributed by atoms with van der Waals surface area (Å²) in [6.07, 6.45) is 1.93. The molecule has 0 aromatic heterocycles. The zero-order chi connectivity index (χ0) is 11.7. The lowest BCUT2D eigenvalue weighted by Gasteiger charge is -2.31. The summed E-state index contributed by atoms with van der Waals surface area (Å²) in [5, 5.41) is 0.710. The Bertz CT molecular complexity index is 421. The Labute approximate surface area is 109 Å². The van der Waals surface area contributed by atoms with Gasteiger partial charge in [-0.2, -0.15) is 0 Å². The van der Waals surface area contributed by atoms with Crippen LogP contribution in [0.5, 0.6) is 0 Å². The van der Waals surface area contributed by atoms with Crippen molar-refractivity contribution in [1.29, 1.82) is 0 Å². The maximum absolute atomic E-state index is 12.0. The highest BCUT2D eigenvalue weighted by Gasteiger charge is 2.28. The van der Waals surface area contributed by atoms with Crippen LogP contribution in [0.1, 0.15) is 18.4 Å². The minimum Gasteiger partial charge on any atom is -0.311 e. The predicted octanol–water partition coefficient (Wildman–Crippen LogP) is 3.54. The molecule has 0 spiro atoms. The molecular formula is C12H13BrClNO. The van der Waals surface area contributed by atoms with Crippen LogP contribution in [0.25, 0.3) is 0 Å². The number of amides is 1. The molecule has 1 aromatic rings. The van der Waals surface area contributed by atoms with Crippen molar-refractivity contribution in [3.8, 4) is 0 Å². The lowest BCUT2D eigenvalue weighted by Crippen LogP contribution is -2.42. The second-order valence-corrected chi connectivity index (χ2v) is 5.50. The van der Waals surface area contributed by atoms with Crippen LogP contribution in [0, 0.1) is 6.92 Å². The summed E-state index contributed by atoms with van der Waals surface area (Å²) in [6, 6.07) is 5.68. The Kier molecular flexibility index (Phi) is 3.55. The van der Waals surface area contributed by atoms with Crippen LogP contribution >= 0.6 is 27.5 Å². The van der Waals surface area contributed by atoms with Gasteiger partial charge in [-0.1, -0.05) is 33.6 Å². The molecule has 1 saturated heterocycles. The minimum atomic E-state index is -0.0559. The maximum atomic E-state index is 12.0. The number of benzene rings is 1. The van der Waals surface area contributed by atoms with Gasteiger partial charge in [-0.05, 0) is 37.5 Å². The molecule has 1 aromatic carbocycles. The minimum absolute atomic E-state index is 0.0559. The molecule has 0 N–H and O–H groups in total. The van der Waals surface area contributed by atoms with E-state index in [-0.39, 0.29) is 10.7 Å². The lowest BCUT2D eigenvalue weighted by molar-refractivity contribution is -0.118. The van der Waals surface area contributed by atoms with E-state index in [1.165, 1.54) is 0 Å². The summed E-state index contributed by atoms with van der Waals surface area (Å²) in [4.78, 5) is 13.8. The molecule has 0 bridgehead atoms. The average molecular weight is 303 g/mol. The number of rotatable bonds is 1. The van der Waals surface area contributed by atoms with Gasteiger partial charge in [-0.15, -0.1) is 0 Å². The molecule has 1 aliphatic rings. The Morgan fingerprint density at radius 1 is 1.50 bits per heavy atom. The smallest absolute Gasteiger partial charge is 0.240 e. The Balaban J connectivity index is 2.36. The third-order valence-electron chi connectivity index (χ3n) is 2.90. The first-order chi connectivity index (χ1) is 7.61. The van der Waals surface area contributed by atoms with E-state index >= 15 is 0 Å². The molecule has 4 heteroatoms. The van der Waals surface area contributed by atoms with E-state index in [1.54, 1.807) is 0 Å². The molecule has 0 saturated carbocycles. The third-order valence-corrected chi connectivity index (χ3v) is 4.16. The van der Waals surface area contributed by atoms with Gasteiger partial charge in [0.25, 0.3) is 0 Å². The highest BCUT2D eigenvalue weighted by molar-refractivity contribution is 9.10. The zero-order valence-corrected chi connectivity index (χ0v) is 11.4. The molecule has 1 amide bonds. The monoisotopic (exact) mass is 301 g/mol. The van der Waals surface area contributed by atoms with E-state index in [1.807, 2.05) is 30.0 Å². The highest BCUT2D eigenvalue weighted by atomic mass is 79.9. The van der Waals surface area contributed by atoms with Crippen molar-refractivity contribution in [2.45, 2.75) is 24.6 Å². The van der Waals surface area contributed by atoms with E-state index in [9.17, 15) is 4.79 Å². The van der Waals surface area contributed by atoms with Gasteiger partial charge < -0.3 is 4.90 Å². The fourth-order valence-electron chi connectivity index (χ4n) is 1.96. The standard InChI is InChI=1S/C12H13BrClNO/c1-8-10(14)5-2-6-11(8)15-7-3-4-9(13)12(15)16/h2,5-6,9H,3-4,7H2,1H3. The molecule has 0 aliphatic carbocycles. The first-order valence-corrected chi connectivity index (χ1v) is 6.61. The molecular weight excluding hydrogens is 289 g/mol. The van der Waals surface area contributed by atoms with Crippen molar-refractivity contribution >= 4 is 39.1 Å². The molecule has 1 unspecified atom stereocenters. The van der Waals surface area contributed by atoms with Crippen LogP contribution in [-0.2, 0) is 4.79 Å². The van der Waals surface area contributed by atoms with Gasteiger partial charge in [0.05, 0.1) is 4.83 Å². The number of anilines is 1. The van der Waals surface area contributed by atoms with Gasteiger partial charge >= 0.3 is 0 Å². The van der Waals surface area contributed by atoms with Crippen molar-refractivity contribution in [2.75, 3.05) is 11.4 Å². The molecule has 0 radical (unpaired) electrons. The molecule has 1 heterocycles. The fourth-order valence-corrected chi connectivity index (χ4v) is 2.70. The quantitative estimate of drug-likeness (QED) is 0.727. The van der Waals surface area contributed by atoms with Crippen molar-refractivity contribution in [1.82, 2.24) is 0 Å². The predicted molar refractivity (Wildman–Crippen MR) is 70.5 cm³/mol. The summed E-state index contributed by atoms with van der Waals surface area (Å²) < 4.78 is 0. The van der Waals surface area contributed by atoms with E-state index < -0.39 is 0 Å². The van der Waals surface area contributed by atoms with E-state index in [0.29, 0.717) is 5.02 Å². The van der Waals surface area contributed by atoms with Crippen LogP contribution in [0.2, 0.25) is 5.02 Å². The number of hydrogen-bond acceptors (Lipinski definition) is 1. The average Bonchev–Trinajstić information content (AvgIpc) is 2.27. The highest BCUT2D eigenvalue weighted by Crippen LogP contribution is 2.30. The van der Waals surface area contributed by atoms with Crippen LogP contribution in [0.4, 0.5) is 5.69 Å². The first-order valence-electron chi connectivity index (χ1n) is 5.32. The number of carbonyl (C=O) groups excluding carboxylic acids is 1. The second kappa shape index (κ2) is 4.76. The maximum Gasteiger partial charge on any atom is 0.240 e. The number of halogens is 2. The largest absolute Gasteiger partial charge is 0.311 e. The summed E-state index contributed by atoms with van der Waals surface area (Å²) in [5.41, 5.74) is 1.90. The normalized spacial score (nSPS) is 21.3. The van der Waals surface area contributed by atoms with Gasteiger partial charge in [0, 0.05) is 17.3 Å². The molecule has 1 atom stereocenters. The van der Waals surface area contributed by atoms with E-state index in [4.69, 9.17) is 11.6 Å². The van der Waals surface area contributed by atoms with Crippen molar-refractivity contribution < 1.29 is 4.79 Å². The van der Waals surface area contributed by atoms with Crippen molar-refractivity contribution in [2.24, 2.45) is 0 Å². The molecule has 1 fully saturated rings. The summed E-state index contributed by atoms with van der Waals surface area (Å²) in [7, 11) is 0.